The molecule has 0 heterocycles. The Labute approximate surface area is 103 Å². The number of hydrogen-bond acceptors (Lipinski definition) is 3. The van der Waals surface area contributed by atoms with E-state index in [-0.39, 0.29) is 11.6 Å². The van der Waals surface area contributed by atoms with Gasteiger partial charge in [-0.05, 0) is 24.6 Å². The number of hydrogen-bond donors (Lipinski definition) is 0. The molecule has 0 aliphatic heterocycles. The number of nitriles is 1. The molecule has 0 amide bonds. The second-order valence-corrected chi connectivity index (χ2v) is 5.08. The number of methoxy groups -OCH3 is 1. The second kappa shape index (κ2) is 7.02. The highest BCUT2D eigenvalue weighted by Gasteiger charge is 2.08. The van der Waals surface area contributed by atoms with E-state index in [0.29, 0.717) is 29.9 Å². The van der Waals surface area contributed by atoms with E-state index in [4.69, 9.17) is 10.00 Å². The quantitative estimate of drug-likeness (QED) is 0.733. The summed E-state index contributed by atoms with van der Waals surface area (Å²) in [6.07, 6.45) is 0.993. The Kier molecular flexibility index (Phi) is 5.64. The van der Waals surface area contributed by atoms with Crippen LogP contribution >= 0.6 is 0 Å². The van der Waals surface area contributed by atoms with Gasteiger partial charge in [0.2, 0.25) is 0 Å². The van der Waals surface area contributed by atoms with Gasteiger partial charge < -0.3 is 4.74 Å². The lowest BCUT2D eigenvalue weighted by atomic mass is 10.2. The van der Waals surface area contributed by atoms with Crippen LogP contribution in [0.3, 0.4) is 0 Å². The lowest BCUT2D eigenvalue weighted by Crippen LogP contribution is -2.03. The predicted molar refractivity (Wildman–Crippen MR) is 64.5 cm³/mol. The van der Waals surface area contributed by atoms with Crippen molar-refractivity contribution in [1.82, 2.24) is 0 Å². The fraction of sp³-hybridized carbons (Fsp3) is 0.417. The van der Waals surface area contributed by atoms with Crippen LogP contribution in [-0.2, 0) is 16.6 Å². The number of ether oxygens (including phenoxy) is 1. The number of nitrogens with zero attached hydrogens (tertiary/aromatic N) is 1. The van der Waals surface area contributed by atoms with E-state index >= 15 is 0 Å². The molecule has 0 bridgehead atoms. The Bertz CT molecular complexity index is 443. The molecule has 0 aromatic heterocycles. The van der Waals surface area contributed by atoms with Crippen molar-refractivity contribution in [3.8, 4) is 11.8 Å². The van der Waals surface area contributed by atoms with Gasteiger partial charge in [0.05, 0.1) is 18.9 Å². The topological polar surface area (TPSA) is 50.1 Å². The van der Waals surface area contributed by atoms with Crippen LogP contribution in [0.25, 0.3) is 0 Å². The van der Waals surface area contributed by atoms with Crippen molar-refractivity contribution in [3.05, 3.63) is 29.6 Å². The predicted octanol–water partition coefficient (Wildman–Crippen LogP) is 2.39. The molecule has 0 N–H and O–H groups in total. The fourth-order valence-corrected chi connectivity index (χ4v) is 2.60. The van der Waals surface area contributed by atoms with E-state index in [1.165, 1.54) is 25.3 Å². The Balaban J connectivity index is 2.64. The number of halogens is 1. The Hall–Kier alpha value is -1.41. The average Bonchev–Trinajstić information content (AvgIpc) is 2.29. The van der Waals surface area contributed by atoms with Crippen LogP contribution in [0.5, 0.6) is 5.75 Å². The van der Waals surface area contributed by atoms with E-state index in [9.17, 15) is 8.60 Å². The normalized spacial score (nSPS) is 11.8. The minimum Gasteiger partial charge on any atom is -0.496 e. The van der Waals surface area contributed by atoms with Crippen LogP contribution in [0, 0.1) is 17.1 Å². The van der Waals surface area contributed by atoms with Gasteiger partial charge in [0, 0.05) is 28.5 Å². The summed E-state index contributed by atoms with van der Waals surface area (Å²) in [5, 5.41) is 8.37. The van der Waals surface area contributed by atoms with Gasteiger partial charge >= 0.3 is 0 Å². The summed E-state index contributed by atoms with van der Waals surface area (Å²) in [4.78, 5) is 0. The lowest BCUT2D eigenvalue weighted by molar-refractivity contribution is 0.410. The molecule has 0 radical (unpaired) electrons. The molecule has 0 unspecified atom stereocenters. The molecule has 0 saturated heterocycles. The molecular weight excluding hydrogens is 241 g/mol. The second-order valence-electron chi connectivity index (χ2n) is 3.51. The summed E-state index contributed by atoms with van der Waals surface area (Å²) in [6.45, 7) is 0. The number of benzene rings is 1. The molecule has 0 fully saturated rings. The Morgan fingerprint density at radius 3 is 2.94 bits per heavy atom. The van der Waals surface area contributed by atoms with Gasteiger partial charge in [-0.1, -0.05) is 0 Å². The molecule has 1 rings (SSSR count). The van der Waals surface area contributed by atoms with E-state index in [1.807, 2.05) is 6.07 Å². The fourth-order valence-electron chi connectivity index (χ4n) is 1.42. The molecule has 0 aliphatic carbocycles. The molecule has 0 saturated carbocycles. The van der Waals surface area contributed by atoms with Crippen molar-refractivity contribution in [2.45, 2.75) is 18.6 Å². The molecule has 92 valence electrons. The summed E-state index contributed by atoms with van der Waals surface area (Å²) in [6, 6.07) is 6.17. The van der Waals surface area contributed by atoms with Gasteiger partial charge in [-0.2, -0.15) is 5.26 Å². The molecule has 1 aromatic carbocycles. The minimum atomic E-state index is -1.09. The summed E-state index contributed by atoms with van der Waals surface area (Å²) >= 11 is 0. The van der Waals surface area contributed by atoms with Gasteiger partial charge in [-0.15, -0.1) is 0 Å². The van der Waals surface area contributed by atoms with Crippen LogP contribution in [0.4, 0.5) is 4.39 Å². The smallest absolute Gasteiger partial charge is 0.123 e. The number of rotatable bonds is 6. The van der Waals surface area contributed by atoms with Crippen molar-refractivity contribution in [1.29, 1.82) is 5.26 Å². The summed E-state index contributed by atoms with van der Waals surface area (Å²) < 4.78 is 29.8. The van der Waals surface area contributed by atoms with Crippen LogP contribution in [0.15, 0.2) is 18.2 Å². The third kappa shape index (κ3) is 4.53. The van der Waals surface area contributed by atoms with E-state index < -0.39 is 10.8 Å². The SMILES string of the molecule is COc1ccc(F)cc1C[S@](=O)CCCC#N. The van der Waals surface area contributed by atoms with E-state index in [0.717, 1.165) is 0 Å². The Morgan fingerprint density at radius 2 is 2.29 bits per heavy atom. The largest absolute Gasteiger partial charge is 0.496 e. The molecule has 1 atom stereocenters. The minimum absolute atomic E-state index is 0.256. The van der Waals surface area contributed by atoms with Crippen molar-refractivity contribution in [2.24, 2.45) is 0 Å². The van der Waals surface area contributed by atoms with Crippen molar-refractivity contribution >= 4 is 10.8 Å². The summed E-state index contributed by atoms with van der Waals surface area (Å²) in [5.74, 6) is 0.884. The first-order valence-corrected chi connectivity index (χ1v) is 6.70. The van der Waals surface area contributed by atoms with Gasteiger partial charge in [0.1, 0.15) is 11.6 Å². The highest BCUT2D eigenvalue weighted by atomic mass is 32.2. The Morgan fingerprint density at radius 1 is 1.53 bits per heavy atom. The first-order chi connectivity index (χ1) is 8.17. The highest BCUT2D eigenvalue weighted by Crippen LogP contribution is 2.21. The zero-order chi connectivity index (χ0) is 12.7. The van der Waals surface area contributed by atoms with Crippen LogP contribution in [0.1, 0.15) is 18.4 Å². The zero-order valence-corrected chi connectivity index (χ0v) is 10.4. The molecule has 1 aromatic rings. The first-order valence-electron chi connectivity index (χ1n) is 5.21. The average molecular weight is 255 g/mol. The zero-order valence-electron chi connectivity index (χ0n) is 9.61. The van der Waals surface area contributed by atoms with Gasteiger partial charge in [-0.3, -0.25) is 4.21 Å². The van der Waals surface area contributed by atoms with Crippen LogP contribution in [-0.4, -0.2) is 17.1 Å². The molecule has 5 heteroatoms. The summed E-state index contributed by atoms with van der Waals surface area (Å²) in [7, 11) is 0.405. The molecule has 17 heavy (non-hydrogen) atoms. The van der Waals surface area contributed by atoms with Crippen molar-refractivity contribution in [3.63, 3.8) is 0 Å². The highest BCUT2D eigenvalue weighted by molar-refractivity contribution is 7.84. The maximum Gasteiger partial charge on any atom is 0.123 e. The molecule has 3 nitrogen and oxygen atoms in total. The molecule has 0 aliphatic rings. The lowest BCUT2D eigenvalue weighted by Gasteiger charge is -2.08. The van der Waals surface area contributed by atoms with Crippen molar-refractivity contribution < 1.29 is 13.3 Å². The monoisotopic (exact) mass is 255 g/mol. The van der Waals surface area contributed by atoms with Crippen molar-refractivity contribution in [2.75, 3.05) is 12.9 Å². The maximum atomic E-state index is 13.0. The summed E-state index contributed by atoms with van der Waals surface area (Å²) in [5.41, 5.74) is 0.600. The molecule has 0 spiro atoms. The van der Waals surface area contributed by atoms with E-state index in [1.54, 1.807) is 0 Å². The van der Waals surface area contributed by atoms with E-state index in [2.05, 4.69) is 0 Å². The van der Waals surface area contributed by atoms with Crippen LogP contribution < -0.4 is 4.74 Å². The maximum absolute atomic E-state index is 13.0. The first kappa shape index (κ1) is 13.7. The molecular formula is C12H14FNO2S. The van der Waals surface area contributed by atoms with Gasteiger partial charge in [0.15, 0.2) is 0 Å². The number of unbranched alkanes of at least 4 members (excludes halogenated alkanes) is 1. The van der Waals surface area contributed by atoms with Gasteiger partial charge in [0.25, 0.3) is 0 Å². The standard InChI is InChI=1S/C12H14FNO2S/c1-16-12-5-4-11(13)8-10(12)9-17(15)7-3-2-6-14/h4-5,8H,2-3,7,9H2,1H3/t17-/m1/s1. The van der Waals surface area contributed by atoms with Crippen LogP contribution in [0.2, 0.25) is 0 Å². The van der Waals surface area contributed by atoms with Gasteiger partial charge in [-0.25, -0.2) is 4.39 Å². The third-order valence-electron chi connectivity index (χ3n) is 2.22. The third-order valence-corrected chi connectivity index (χ3v) is 3.60.